The molecule has 136 valence electrons. The number of carbonyl (C=O) groups is 1. The molecule has 0 bridgehead atoms. The van der Waals surface area contributed by atoms with Gasteiger partial charge in [0.15, 0.2) is 11.5 Å². The van der Waals surface area contributed by atoms with Crippen LogP contribution in [0.1, 0.15) is 16.1 Å². The lowest BCUT2D eigenvalue weighted by Gasteiger charge is -2.13. The minimum atomic E-state index is -1.02. The number of aromatic carboxylic acids is 1. The summed E-state index contributed by atoms with van der Waals surface area (Å²) in [5.74, 6) is 0.540. The van der Waals surface area contributed by atoms with E-state index in [9.17, 15) is 4.79 Å². The summed E-state index contributed by atoms with van der Waals surface area (Å²) < 4.78 is 17.6. The largest absolute Gasteiger partial charge is 0.493 e. The lowest BCUT2D eigenvalue weighted by Crippen LogP contribution is -2.02. The van der Waals surface area contributed by atoms with Gasteiger partial charge in [0.2, 0.25) is 10.9 Å². The number of thiazole rings is 1. The van der Waals surface area contributed by atoms with Crippen molar-refractivity contribution >= 4 is 17.3 Å². The van der Waals surface area contributed by atoms with Gasteiger partial charge >= 0.3 is 5.97 Å². The standard InChI is InChI=1S/C17H17N3O5S/c1-9-11(16(21)22)7-18-20(9)17-19-12(8-26-17)10-5-13(23-2)15(25-4)14(6-10)24-3/h5-8H,1-4H3,(H,21,22). The first-order chi connectivity index (χ1) is 12.5. The Hall–Kier alpha value is -3.07. The third kappa shape index (κ3) is 2.97. The molecular weight excluding hydrogens is 358 g/mol. The summed E-state index contributed by atoms with van der Waals surface area (Å²) in [6.45, 7) is 1.69. The normalized spacial score (nSPS) is 10.6. The van der Waals surface area contributed by atoms with Gasteiger partial charge in [-0.2, -0.15) is 5.10 Å². The number of hydrogen-bond acceptors (Lipinski definition) is 7. The SMILES string of the molecule is COc1cc(-c2csc(-n3ncc(C(=O)O)c3C)n2)cc(OC)c1OC. The molecule has 0 saturated carbocycles. The van der Waals surface area contributed by atoms with Crippen molar-refractivity contribution < 1.29 is 24.1 Å². The Morgan fingerprint density at radius 3 is 2.31 bits per heavy atom. The Labute approximate surface area is 153 Å². The van der Waals surface area contributed by atoms with Gasteiger partial charge < -0.3 is 19.3 Å². The van der Waals surface area contributed by atoms with Crippen molar-refractivity contribution in [2.45, 2.75) is 6.92 Å². The molecule has 0 spiro atoms. The van der Waals surface area contributed by atoms with Crippen LogP contribution >= 0.6 is 11.3 Å². The van der Waals surface area contributed by atoms with Crippen molar-refractivity contribution in [2.75, 3.05) is 21.3 Å². The van der Waals surface area contributed by atoms with Gasteiger partial charge in [-0.25, -0.2) is 14.5 Å². The van der Waals surface area contributed by atoms with Crippen LogP contribution in [-0.4, -0.2) is 47.2 Å². The van der Waals surface area contributed by atoms with Crippen molar-refractivity contribution in [2.24, 2.45) is 0 Å². The molecule has 0 saturated heterocycles. The van der Waals surface area contributed by atoms with E-state index < -0.39 is 5.97 Å². The summed E-state index contributed by atoms with van der Waals surface area (Å²) in [5.41, 5.74) is 2.14. The first kappa shape index (κ1) is 17.7. The molecule has 0 aliphatic heterocycles. The van der Waals surface area contributed by atoms with Gasteiger partial charge in [-0.3, -0.25) is 0 Å². The molecule has 9 heteroatoms. The Balaban J connectivity index is 2.04. The van der Waals surface area contributed by atoms with E-state index in [2.05, 4.69) is 10.1 Å². The maximum Gasteiger partial charge on any atom is 0.339 e. The fraction of sp³-hybridized carbons (Fsp3) is 0.235. The highest BCUT2D eigenvalue weighted by molar-refractivity contribution is 7.12. The van der Waals surface area contributed by atoms with Gasteiger partial charge in [0.05, 0.1) is 38.9 Å². The molecule has 1 N–H and O–H groups in total. The maximum atomic E-state index is 11.2. The number of carboxylic acids is 1. The van der Waals surface area contributed by atoms with E-state index in [1.807, 2.05) is 5.38 Å². The van der Waals surface area contributed by atoms with Gasteiger partial charge in [-0.1, -0.05) is 0 Å². The summed E-state index contributed by atoms with van der Waals surface area (Å²) in [6, 6.07) is 3.61. The average molecular weight is 375 g/mol. The Bertz CT molecular complexity index is 938. The molecule has 2 aromatic heterocycles. The van der Waals surface area contributed by atoms with E-state index in [4.69, 9.17) is 19.3 Å². The Morgan fingerprint density at radius 1 is 1.15 bits per heavy atom. The zero-order valence-corrected chi connectivity index (χ0v) is 15.5. The third-order valence-corrected chi connectivity index (χ3v) is 4.69. The fourth-order valence-electron chi connectivity index (χ4n) is 2.54. The van der Waals surface area contributed by atoms with Crippen LogP contribution in [0, 0.1) is 6.92 Å². The minimum Gasteiger partial charge on any atom is -0.493 e. The van der Waals surface area contributed by atoms with E-state index in [0.29, 0.717) is 33.8 Å². The topological polar surface area (TPSA) is 95.7 Å². The third-order valence-electron chi connectivity index (χ3n) is 3.87. The van der Waals surface area contributed by atoms with Crippen molar-refractivity contribution in [3.63, 3.8) is 0 Å². The number of ether oxygens (including phenoxy) is 3. The predicted octanol–water partition coefficient (Wildman–Crippen LogP) is 3.03. The summed E-state index contributed by atoms with van der Waals surface area (Å²) in [6.07, 6.45) is 1.32. The zero-order valence-electron chi connectivity index (χ0n) is 14.6. The van der Waals surface area contributed by atoms with Gasteiger partial charge in [0, 0.05) is 10.9 Å². The number of rotatable bonds is 6. The fourth-order valence-corrected chi connectivity index (χ4v) is 3.38. The quantitative estimate of drug-likeness (QED) is 0.707. The summed E-state index contributed by atoms with van der Waals surface area (Å²) in [5, 5.41) is 15.7. The molecule has 3 aromatic rings. The molecule has 2 heterocycles. The molecule has 0 aliphatic rings. The molecule has 3 rings (SSSR count). The van der Waals surface area contributed by atoms with Gasteiger partial charge in [0.25, 0.3) is 0 Å². The van der Waals surface area contributed by atoms with E-state index in [-0.39, 0.29) is 5.56 Å². The molecule has 1 aromatic carbocycles. The van der Waals surface area contributed by atoms with Crippen molar-refractivity contribution in [1.29, 1.82) is 0 Å². The number of carboxylic acid groups (broad SMARTS) is 1. The number of aromatic nitrogens is 3. The monoisotopic (exact) mass is 375 g/mol. The highest BCUT2D eigenvalue weighted by atomic mass is 32.1. The molecule has 0 unspecified atom stereocenters. The number of methoxy groups -OCH3 is 3. The molecule has 0 atom stereocenters. The molecule has 26 heavy (non-hydrogen) atoms. The van der Waals surface area contributed by atoms with E-state index in [1.54, 1.807) is 40.4 Å². The second-order valence-electron chi connectivity index (χ2n) is 5.29. The molecule has 0 radical (unpaired) electrons. The molecule has 8 nitrogen and oxygen atoms in total. The van der Waals surface area contributed by atoms with Crippen LogP contribution in [-0.2, 0) is 0 Å². The Kier molecular flexibility index (Phi) is 4.81. The first-order valence-corrected chi connectivity index (χ1v) is 8.42. The smallest absolute Gasteiger partial charge is 0.339 e. The number of hydrogen-bond donors (Lipinski definition) is 1. The molecular formula is C17H17N3O5S. The summed E-state index contributed by atoms with van der Waals surface area (Å²) in [7, 11) is 4.64. The predicted molar refractivity (Wildman–Crippen MR) is 96.0 cm³/mol. The van der Waals surface area contributed by atoms with E-state index in [1.165, 1.54) is 22.2 Å². The van der Waals surface area contributed by atoms with Gasteiger partial charge in [0.1, 0.15) is 5.56 Å². The van der Waals surface area contributed by atoms with Crippen LogP contribution in [0.25, 0.3) is 16.4 Å². The van der Waals surface area contributed by atoms with Crippen molar-refractivity contribution in [3.05, 3.63) is 35.0 Å². The number of benzene rings is 1. The van der Waals surface area contributed by atoms with Crippen LogP contribution in [0.4, 0.5) is 0 Å². The lowest BCUT2D eigenvalue weighted by molar-refractivity contribution is 0.0696. The number of nitrogens with zero attached hydrogens (tertiary/aromatic N) is 3. The van der Waals surface area contributed by atoms with Crippen molar-refractivity contribution in [3.8, 4) is 33.6 Å². The zero-order chi connectivity index (χ0) is 18.8. The minimum absolute atomic E-state index is 0.148. The first-order valence-electron chi connectivity index (χ1n) is 7.54. The van der Waals surface area contributed by atoms with E-state index >= 15 is 0 Å². The van der Waals surface area contributed by atoms with Crippen LogP contribution in [0.3, 0.4) is 0 Å². The second kappa shape index (κ2) is 7.04. The van der Waals surface area contributed by atoms with Crippen LogP contribution in [0.2, 0.25) is 0 Å². The van der Waals surface area contributed by atoms with Crippen LogP contribution < -0.4 is 14.2 Å². The van der Waals surface area contributed by atoms with Gasteiger partial charge in [-0.15, -0.1) is 11.3 Å². The highest BCUT2D eigenvalue weighted by Gasteiger charge is 2.18. The molecule has 0 aliphatic carbocycles. The second-order valence-corrected chi connectivity index (χ2v) is 6.13. The maximum absolute atomic E-state index is 11.2. The van der Waals surface area contributed by atoms with Crippen molar-refractivity contribution in [1.82, 2.24) is 14.8 Å². The molecule has 0 amide bonds. The summed E-state index contributed by atoms with van der Waals surface area (Å²) in [4.78, 5) is 15.7. The average Bonchev–Trinajstić information content (AvgIpc) is 3.26. The lowest BCUT2D eigenvalue weighted by atomic mass is 10.1. The summed E-state index contributed by atoms with van der Waals surface area (Å²) >= 11 is 1.36. The van der Waals surface area contributed by atoms with Crippen LogP contribution in [0.15, 0.2) is 23.7 Å². The van der Waals surface area contributed by atoms with Crippen LogP contribution in [0.5, 0.6) is 17.2 Å². The van der Waals surface area contributed by atoms with E-state index in [0.717, 1.165) is 5.56 Å². The van der Waals surface area contributed by atoms with Gasteiger partial charge in [-0.05, 0) is 19.1 Å². The molecule has 0 fully saturated rings. The Morgan fingerprint density at radius 2 is 1.81 bits per heavy atom. The highest BCUT2D eigenvalue weighted by Crippen LogP contribution is 2.41.